The summed E-state index contributed by atoms with van der Waals surface area (Å²) in [6, 6.07) is 20.0. The lowest BCUT2D eigenvalue weighted by molar-refractivity contribution is -0.139. The molecule has 0 saturated heterocycles. The van der Waals surface area contributed by atoms with Crippen LogP contribution in [0.4, 0.5) is 4.79 Å². The average Bonchev–Trinajstić information content (AvgIpc) is 3.29. The Kier molecular flexibility index (Phi) is 6.57. The third kappa shape index (κ3) is 4.94. The first-order chi connectivity index (χ1) is 17.0. The molecule has 1 aromatic heterocycles. The fourth-order valence-corrected chi connectivity index (χ4v) is 5.35. The Labute approximate surface area is 210 Å². The first-order valence-corrected chi connectivity index (χ1v) is 12.2. The van der Waals surface area contributed by atoms with Gasteiger partial charge in [-0.3, -0.25) is 4.90 Å². The minimum Gasteiger partial charge on any atom is -0.482 e. The summed E-state index contributed by atoms with van der Waals surface area (Å²) in [5, 5.41) is 10.3. The van der Waals surface area contributed by atoms with Gasteiger partial charge in [-0.2, -0.15) is 0 Å². The topological polar surface area (TPSA) is 89.0 Å². The van der Waals surface area contributed by atoms with E-state index in [1.807, 2.05) is 48.5 Å². The molecule has 0 spiro atoms. The molecule has 7 nitrogen and oxygen atoms in total. The van der Waals surface area contributed by atoms with Crippen molar-refractivity contribution in [1.29, 1.82) is 0 Å². The number of aromatic nitrogens is 1. The Bertz CT molecular complexity index is 1370. The molecule has 1 N–H and O–H groups in total. The van der Waals surface area contributed by atoms with Crippen molar-refractivity contribution in [3.05, 3.63) is 93.5 Å². The van der Waals surface area contributed by atoms with Crippen LogP contribution in [0.2, 0.25) is 5.02 Å². The zero-order valence-corrected chi connectivity index (χ0v) is 20.1. The number of fused-ring (bicyclic) bond motifs is 2. The van der Waals surface area contributed by atoms with Crippen molar-refractivity contribution in [2.24, 2.45) is 0 Å². The molecule has 9 heteroatoms. The van der Waals surface area contributed by atoms with Crippen LogP contribution in [0.1, 0.15) is 27.7 Å². The summed E-state index contributed by atoms with van der Waals surface area (Å²) in [5.41, 5.74) is 3.48. The quantitative estimate of drug-likeness (QED) is 0.359. The van der Waals surface area contributed by atoms with Crippen molar-refractivity contribution in [1.82, 2.24) is 9.88 Å². The molecule has 0 radical (unpaired) electrons. The zero-order valence-electron chi connectivity index (χ0n) is 18.5. The molecule has 5 rings (SSSR count). The van der Waals surface area contributed by atoms with Gasteiger partial charge in [0, 0.05) is 17.1 Å². The highest BCUT2D eigenvalue weighted by atomic mass is 35.5. The Balaban J connectivity index is 1.46. The molecular weight excluding hydrogens is 488 g/mol. The largest absolute Gasteiger partial charge is 0.482 e. The van der Waals surface area contributed by atoms with Crippen molar-refractivity contribution in [3.8, 4) is 5.75 Å². The van der Waals surface area contributed by atoms with Crippen molar-refractivity contribution < 1.29 is 24.2 Å². The molecule has 1 atom stereocenters. The molecule has 1 aliphatic heterocycles. The van der Waals surface area contributed by atoms with E-state index >= 15 is 0 Å². The van der Waals surface area contributed by atoms with Crippen molar-refractivity contribution >= 4 is 45.2 Å². The fourth-order valence-electron chi connectivity index (χ4n) is 4.29. The molecule has 35 heavy (non-hydrogen) atoms. The van der Waals surface area contributed by atoms with Gasteiger partial charge in [-0.05, 0) is 47.9 Å². The van der Waals surface area contributed by atoms with Crippen LogP contribution in [0.3, 0.4) is 0 Å². The lowest BCUT2D eigenvalue weighted by Gasteiger charge is -2.37. The maximum atomic E-state index is 13.4. The summed E-state index contributed by atoms with van der Waals surface area (Å²) in [4.78, 5) is 30.7. The van der Waals surface area contributed by atoms with Crippen LogP contribution < -0.4 is 4.74 Å². The van der Waals surface area contributed by atoms with Gasteiger partial charge in [-0.15, -0.1) is 11.3 Å². The van der Waals surface area contributed by atoms with Gasteiger partial charge in [0.1, 0.15) is 17.4 Å². The highest BCUT2D eigenvalue weighted by Gasteiger charge is 2.35. The molecule has 1 aliphatic rings. The second-order valence-corrected chi connectivity index (χ2v) is 9.59. The van der Waals surface area contributed by atoms with Gasteiger partial charge < -0.3 is 14.6 Å². The van der Waals surface area contributed by atoms with Crippen molar-refractivity contribution in [2.75, 3.05) is 13.2 Å². The summed E-state index contributed by atoms with van der Waals surface area (Å²) in [5.74, 6) is -0.746. The average molecular weight is 509 g/mol. The van der Waals surface area contributed by atoms with Crippen LogP contribution in [0.15, 0.2) is 66.7 Å². The summed E-state index contributed by atoms with van der Waals surface area (Å²) < 4.78 is 12.3. The van der Waals surface area contributed by atoms with Gasteiger partial charge in [0.05, 0.1) is 16.3 Å². The van der Waals surface area contributed by atoms with Crippen LogP contribution in [-0.2, 0) is 22.6 Å². The van der Waals surface area contributed by atoms with Crippen LogP contribution >= 0.6 is 22.9 Å². The zero-order chi connectivity index (χ0) is 24.4. The summed E-state index contributed by atoms with van der Waals surface area (Å²) >= 11 is 7.80. The summed E-state index contributed by atoms with van der Waals surface area (Å²) in [6.07, 6.45) is 0.169. The number of carbonyl (C=O) groups is 2. The third-order valence-corrected chi connectivity index (χ3v) is 7.04. The minimum absolute atomic E-state index is 0.0565. The number of carbonyl (C=O) groups excluding carboxylic acids is 1. The monoisotopic (exact) mass is 508 g/mol. The van der Waals surface area contributed by atoms with Gasteiger partial charge in [0.2, 0.25) is 0 Å². The number of hydrogen-bond donors (Lipinski definition) is 1. The number of rotatable bonds is 6. The highest BCUT2D eigenvalue weighted by molar-refractivity contribution is 7.18. The first kappa shape index (κ1) is 23.1. The van der Waals surface area contributed by atoms with Gasteiger partial charge in [0.15, 0.2) is 6.61 Å². The van der Waals surface area contributed by atoms with Crippen LogP contribution in [0.25, 0.3) is 10.2 Å². The molecule has 2 heterocycles. The van der Waals surface area contributed by atoms with E-state index in [1.165, 1.54) is 11.3 Å². The van der Waals surface area contributed by atoms with Crippen LogP contribution in [-0.4, -0.2) is 40.2 Å². The van der Waals surface area contributed by atoms with Crippen molar-refractivity contribution in [3.63, 3.8) is 0 Å². The normalized spacial score (nSPS) is 15.0. The summed E-state index contributed by atoms with van der Waals surface area (Å²) in [6.45, 7) is -0.0305. The van der Waals surface area contributed by atoms with Crippen LogP contribution in [0.5, 0.6) is 5.75 Å². The van der Waals surface area contributed by atoms with Gasteiger partial charge in [0.25, 0.3) is 0 Å². The predicted octanol–water partition coefficient (Wildman–Crippen LogP) is 5.70. The smallest absolute Gasteiger partial charge is 0.410 e. The van der Waals surface area contributed by atoms with E-state index in [1.54, 1.807) is 23.1 Å². The number of benzene rings is 3. The molecule has 178 valence electrons. The molecule has 0 fully saturated rings. The number of amides is 1. The molecule has 0 bridgehead atoms. The van der Waals surface area contributed by atoms with Gasteiger partial charge >= 0.3 is 12.1 Å². The Hall–Kier alpha value is -3.62. The van der Waals surface area contributed by atoms with E-state index in [9.17, 15) is 9.59 Å². The number of carboxylic acids is 1. The Morgan fingerprint density at radius 1 is 1.09 bits per heavy atom. The maximum Gasteiger partial charge on any atom is 0.410 e. The molecule has 0 unspecified atom stereocenters. The Morgan fingerprint density at radius 3 is 2.71 bits per heavy atom. The fraction of sp³-hybridized carbons (Fsp3) is 0.192. The predicted molar refractivity (Wildman–Crippen MR) is 133 cm³/mol. The SMILES string of the molecule is O=C(O)COc1ccc(Cl)cc1[C@@H]1c2ccccc2CCN1C(=O)OCc1nc2ccccc2s1. The number of nitrogens with zero attached hydrogens (tertiary/aromatic N) is 2. The lowest BCUT2D eigenvalue weighted by atomic mass is 9.88. The third-order valence-electron chi connectivity index (χ3n) is 5.79. The molecule has 3 aromatic carbocycles. The number of ether oxygens (including phenoxy) is 2. The van der Waals surface area contributed by atoms with E-state index < -0.39 is 24.7 Å². The number of thiazole rings is 1. The molecule has 4 aromatic rings. The lowest BCUT2D eigenvalue weighted by Crippen LogP contribution is -2.41. The molecule has 0 aliphatic carbocycles. The molecule has 1 amide bonds. The van der Waals surface area contributed by atoms with E-state index in [2.05, 4.69) is 4.98 Å². The molecule has 0 saturated carbocycles. The van der Waals surface area contributed by atoms with E-state index in [0.29, 0.717) is 34.3 Å². The number of halogens is 1. The highest BCUT2D eigenvalue weighted by Crippen LogP contribution is 2.41. The van der Waals surface area contributed by atoms with Gasteiger partial charge in [-0.25, -0.2) is 14.6 Å². The van der Waals surface area contributed by atoms with E-state index in [4.69, 9.17) is 26.2 Å². The van der Waals surface area contributed by atoms with E-state index in [-0.39, 0.29) is 6.61 Å². The van der Waals surface area contributed by atoms with Gasteiger partial charge in [-0.1, -0.05) is 48.0 Å². The minimum atomic E-state index is -1.10. The number of aliphatic carboxylic acids is 1. The maximum absolute atomic E-state index is 13.4. The Morgan fingerprint density at radius 2 is 1.89 bits per heavy atom. The molecular formula is C26H21ClN2O5S. The first-order valence-electron chi connectivity index (χ1n) is 11.0. The second-order valence-electron chi connectivity index (χ2n) is 8.04. The number of hydrogen-bond acceptors (Lipinski definition) is 6. The summed E-state index contributed by atoms with van der Waals surface area (Å²) in [7, 11) is 0. The standard InChI is InChI=1S/C26H21ClN2O5S/c27-17-9-10-21(33-15-24(30)31)19(13-17)25-18-6-2-1-5-16(18)11-12-29(25)26(32)34-14-23-28-20-7-3-4-8-22(20)35-23/h1-10,13,25H,11-12,14-15H2,(H,30,31)/t25-/m0/s1. The van der Waals surface area contributed by atoms with Crippen molar-refractivity contribution in [2.45, 2.75) is 19.1 Å². The van der Waals surface area contributed by atoms with E-state index in [0.717, 1.165) is 21.3 Å². The number of carboxylic acid groups (broad SMARTS) is 1. The number of para-hydroxylation sites is 1. The van der Waals surface area contributed by atoms with Crippen LogP contribution in [0, 0.1) is 0 Å². The second kappa shape index (κ2) is 9.93.